The Morgan fingerprint density at radius 3 is 2.71 bits per heavy atom. The van der Waals surface area contributed by atoms with Gasteiger partial charge in [0.2, 0.25) is 11.8 Å². The fourth-order valence-electron chi connectivity index (χ4n) is 2.45. The maximum absolute atomic E-state index is 12.1. The first-order valence-electron chi connectivity index (χ1n) is 7.66. The first-order chi connectivity index (χ1) is 10.2. The summed E-state index contributed by atoms with van der Waals surface area (Å²) in [5.41, 5.74) is 0. The van der Waals surface area contributed by atoms with Crippen molar-refractivity contribution in [2.45, 2.75) is 51.5 Å². The van der Waals surface area contributed by atoms with Crippen molar-refractivity contribution in [3.8, 4) is 0 Å². The molecule has 1 saturated carbocycles. The molecular weight excluding hydrogens is 272 g/mol. The third kappa shape index (κ3) is 4.50. The van der Waals surface area contributed by atoms with Crippen LogP contribution in [-0.4, -0.2) is 51.8 Å². The summed E-state index contributed by atoms with van der Waals surface area (Å²) in [6, 6.07) is 0.447. The monoisotopic (exact) mass is 296 g/mol. The second-order valence-electron chi connectivity index (χ2n) is 5.43. The number of nitrogens with zero attached hydrogens (tertiary/aromatic N) is 3. The van der Waals surface area contributed by atoms with Crippen molar-refractivity contribution in [1.29, 1.82) is 0 Å². The topological polar surface area (TPSA) is 91.5 Å². The van der Waals surface area contributed by atoms with Gasteiger partial charge in [-0.25, -0.2) is 0 Å². The van der Waals surface area contributed by atoms with E-state index in [2.05, 4.69) is 29.4 Å². The zero-order valence-electron chi connectivity index (χ0n) is 12.7. The third-order valence-electron chi connectivity index (χ3n) is 3.81. The average Bonchev–Trinajstić information content (AvgIpc) is 3.21. The number of rotatable bonds is 9. The van der Waals surface area contributed by atoms with Crippen LogP contribution in [-0.2, 0) is 4.79 Å². The summed E-state index contributed by atoms with van der Waals surface area (Å²) in [5.74, 6) is 0.789. The standard InChI is InChI=1S/C14H24N4O3/c1-3-11(4-2)18(7-8-19)9-12(20)15-14-17-16-13(21-14)10-5-6-10/h10-11,19H,3-9H2,1-2H3,(H,15,17,20). The number of amides is 1. The van der Waals surface area contributed by atoms with Crippen LogP contribution < -0.4 is 5.32 Å². The predicted molar refractivity (Wildman–Crippen MR) is 77.9 cm³/mol. The lowest BCUT2D eigenvalue weighted by atomic mass is 10.1. The van der Waals surface area contributed by atoms with Gasteiger partial charge >= 0.3 is 6.01 Å². The number of anilines is 1. The largest absolute Gasteiger partial charge is 0.408 e. The molecule has 1 fully saturated rings. The van der Waals surface area contributed by atoms with Gasteiger partial charge in [0.25, 0.3) is 0 Å². The minimum atomic E-state index is -0.193. The van der Waals surface area contributed by atoms with Crippen LogP contribution in [0.4, 0.5) is 6.01 Å². The van der Waals surface area contributed by atoms with E-state index in [4.69, 9.17) is 9.52 Å². The van der Waals surface area contributed by atoms with E-state index in [1.54, 1.807) is 0 Å². The van der Waals surface area contributed by atoms with E-state index < -0.39 is 0 Å². The molecule has 7 nitrogen and oxygen atoms in total. The highest BCUT2D eigenvalue weighted by atomic mass is 16.4. The first-order valence-corrected chi connectivity index (χ1v) is 7.66. The minimum Gasteiger partial charge on any atom is -0.408 e. The fourth-order valence-corrected chi connectivity index (χ4v) is 2.45. The summed E-state index contributed by atoms with van der Waals surface area (Å²) in [5, 5.41) is 19.5. The summed E-state index contributed by atoms with van der Waals surface area (Å²) in [7, 11) is 0. The summed E-state index contributed by atoms with van der Waals surface area (Å²) < 4.78 is 5.41. The lowest BCUT2D eigenvalue weighted by Crippen LogP contribution is -2.42. The normalized spacial score (nSPS) is 14.9. The van der Waals surface area contributed by atoms with E-state index in [-0.39, 0.29) is 31.1 Å². The molecule has 0 spiro atoms. The van der Waals surface area contributed by atoms with Gasteiger partial charge in [0.1, 0.15) is 0 Å². The number of nitrogens with one attached hydrogen (secondary N) is 1. The van der Waals surface area contributed by atoms with Gasteiger partial charge in [-0.2, -0.15) is 0 Å². The van der Waals surface area contributed by atoms with Gasteiger partial charge in [0.15, 0.2) is 0 Å². The average molecular weight is 296 g/mol. The Bertz CT molecular complexity index is 455. The minimum absolute atomic E-state index is 0.0379. The van der Waals surface area contributed by atoms with Crippen LogP contribution in [0.2, 0.25) is 0 Å². The molecule has 7 heteroatoms. The second-order valence-corrected chi connectivity index (χ2v) is 5.43. The van der Waals surface area contributed by atoms with Gasteiger partial charge < -0.3 is 9.52 Å². The third-order valence-corrected chi connectivity index (χ3v) is 3.81. The number of carbonyl (C=O) groups excluding carboxylic acids is 1. The Kier molecular flexibility index (Phi) is 5.69. The molecule has 1 aliphatic carbocycles. The molecule has 1 amide bonds. The molecule has 0 saturated heterocycles. The highest BCUT2D eigenvalue weighted by Gasteiger charge is 2.29. The summed E-state index contributed by atoms with van der Waals surface area (Å²) in [4.78, 5) is 14.0. The Hall–Kier alpha value is -1.47. The van der Waals surface area contributed by atoms with E-state index in [9.17, 15) is 4.79 Å². The van der Waals surface area contributed by atoms with Gasteiger partial charge in [0, 0.05) is 18.5 Å². The van der Waals surface area contributed by atoms with Crippen molar-refractivity contribution in [3.05, 3.63) is 5.89 Å². The van der Waals surface area contributed by atoms with Crippen molar-refractivity contribution >= 4 is 11.9 Å². The number of aliphatic hydroxyl groups is 1. The Labute approximate surface area is 124 Å². The van der Waals surface area contributed by atoms with Crippen molar-refractivity contribution in [3.63, 3.8) is 0 Å². The van der Waals surface area contributed by atoms with Gasteiger partial charge in [-0.05, 0) is 25.7 Å². The Balaban J connectivity index is 1.88. The quantitative estimate of drug-likeness (QED) is 0.715. The van der Waals surface area contributed by atoms with Gasteiger partial charge in [-0.3, -0.25) is 15.0 Å². The van der Waals surface area contributed by atoms with Gasteiger partial charge in [-0.1, -0.05) is 18.9 Å². The molecule has 2 rings (SSSR count). The van der Waals surface area contributed by atoms with E-state index in [0.29, 0.717) is 18.4 Å². The molecule has 1 aliphatic rings. The molecule has 1 aromatic heterocycles. The number of hydrogen-bond donors (Lipinski definition) is 2. The first kappa shape index (κ1) is 15.9. The van der Waals surface area contributed by atoms with Crippen LogP contribution >= 0.6 is 0 Å². The highest BCUT2D eigenvalue weighted by molar-refractivity contribution is 5.90. The summed E-state index contributed by atoms with van der Waals surface area (Å²) in [6.07, 6.45) is 4.04. The molecule has 0 unspecified atom stereocenters. The summed E-state index contributed by atoms with van der Waals surface area (Å²) in [6.45, 7) is 4.90. The van der Waals surface area contributed by atoms with E-state index in [0.717, 1.165) is 25.7 Å². The van der Waals surface area contributed by atoms with Crippen LogP contribution in [0, 0.1) is 0 Å². The van der Waals surface area contributed by atoms with Crippen molar-refractivity contribution in [2.24, 2.45) is 0 Å². The van der Waals surface area contributed by atoms with Crippen LogP contribution in [0.3, 0.4) is 0 Å². The molecule has 0 aromatic carbocycles. The number of carbonyl (C=O) groups is 1. The van der Waals surface area contributed by atoms with E-state index in [1.807, 2.05) is 4.90 Å². The molecule has 0 bridgehead atoms. The smallest absolute Gasteiger partial charge is 0.322 e. The SMILES string of the molecule is CCC(CC)N(CCO)CC(=O)Nc1nnc(C2CC2)o1. The number of hydrogen-bond acceptors (Lipinski definition) is 6. The zero-order chi connectivity index (χ0) is 15.2. The van der Waals surface area contributed by atoms with E-state index in [1.165, 1.54) is 0 Å². The zero-order valence-corrected chi connectivity index (χ0v) is 12.7. The molecule has 1 aromatic rings. The van der Waals surface area contributed by atoms with Crippen molar-refractivity contribution in [1.82, 2.24) is 15.1 Å². The van der Waals surface area contributed by atoms with Gasteiger partial charge in [0.05, 0.1) is 13.2 Å². The lowest BCUT2D eigenvalue weighted by Gasteiger charge is -2.28. The number of aliphatic hydroxyl groups excluding tert-OH is 1. The Morgan fingerprint density at radius 1 is 1.43 bits per heavy atom. The highest BCUT2D eigenvalue weighted by Crippen LogP contribution is 2.39. The molecule has 2 N–H and O–H groups in total. The molecule has 0 aliphatic heterocycles. The van der Waals surface area contributed by atoms with Crippen molar-refractivity contribution < 1.29 is 14.3 Å². The molecule has 1 heterocycles. The van der Waals surface area contributed by atoms with Crippen molar-refractivity contribution in [2.75, 3.05) is 25.0 Å². The van der Waals surface area contributed by atoms with Crippen LogP contribution in [0.1, 0.15) is 51.3 Å². The molecule has 118 valence electrons. The predicted octanol–water partition coefficient (Wildman–Crippen LogP) is 1.37. The van der Waals surface area contributed by atoms with Crippen LogP contribution in [0.5, 0.6) is 0 Å². The second kappa shape index (κ2) is 7.51. The molecular formula is C14H24N4O3. The maximum Gasteiger partial charge on any atom is 0.322 e. The molecule has 0 radical (unpaired) electrons. The lowest BCUT2D eigenvalue weighted by molar-refractivity contribution is -0.118. The maximum atomic E-state index is 12.1. The fraction of sp³-hybridized carbons (Fsp3) is 0.786. The van der Waals surface area contributed by atoms with Crippen LogP contribution in [0.15, 0.2) is 4.42 Å². The van der Waals surface area contributed by atoms with E-state index >= 15 is 0 Å². The van der Waals surface area contributed by atoms with Crippen LogP contribution in [0.25, 0.3) is 0 Å². The molecule has 0 atom stereocenters. The van der Waals surface area contributed by atoms with Gasteiger partial charge in [-0.15, -0.1) is 5.10 Å². The number of aromatic nitrogens is 2. The summed E-state index contributed by atoms with van der Waals surface area (Å²) >= 11 is 0. The Morgan fingerprint density at radius 2 is 2.14 bits per heavy atom. The molecule has 21 heavy (non-hydrogen) atoms.